The summed E-state index contributed by atoms with van der Waals surface area (Å²) in [5.41, 5.74) is 4.71. The third-order valence-electron chi connectivity index (χ3n) is 7.76. The number of nitrogens with one attached hydrogen (secondary N) is 2. The third-order valence-corrected chi connectivity index (χ3v) is 7.76. The van der Waals surface area contributed by atoms with Crippen molar-refractivity contribution in [2.75, 3.05) is 13.2 Å². The van der Waals surface area contributed by atoms with Gasteiger partial charge in [-0.3, -0.25) is 9.59 Å². The summed E-state index contributed by atoms with van der Waals surface area (Å²) >= 11 is 0. The minimum absolute atomic E-state index is 0.00829. The van der Waals surface area contributed by atoms with Crippen LogP contribution in [-0.2, 0) is 14.3 Å². The zero-order valence-corrected chi connectivity index (χ0v) is 19.4. The van der Waals surface area contributed by atoms with E-state index in [0.29, 0.717) is 12.3 Å². The van der Waals surface area contributed by atoms with Crippen LogP contribution in [-0.4, -0.2) is 53.5 Å². The van der Waals surface area contributed by atoms with Crippen molar-refractivity contribution in [2.45, 2.75) is 43.7 Å². The molecule has 5 atom stereocenters. The number of carboxylic acids is 1. The van der Waals surface area contributed by atoms with E-state index in [1.165, 1.54) is 22.3 Å². The zero-order chi connectivity index (χ0) is 24.5. The van der Waals surface area contributed by atoms with Gasteiger partial charge in [-0.2, -0.15) is 0 Å². The van der Waals surface area contributed by atoms with Gasteiger partial charge in [0.1, 0.15) is 6.61 Å². The van der Waals surface area contributed by atoms with Crippen molar-refractivity contribution in [2.24, 2.45) is 17.8 Å². The van der Waals surface area contributed by atoms with E-state index in [0.717, 1.165) is 12.8 Å². The Morgan fingerprint density at radius 3 is 2.29 bits per heavy atom. The predicted molar refractivity (Wildman–Crippen MR) is 128 cm³/mol. The largest absolute Gasteiger partial charge is 0.481 e. The summed E-state index contributed by atoms with van der Waals surface area (Å²) in [5, 5.41) is 24.0. The SMILES string of the molecule is O=C(O)CC(O)CNC(=O)C1C[C@H]2C[C@@H](NC(=O)OCC3c4ccccc4-c4ccccc43)[C@H]2C1. The maximum atomic E-state index is 12.6. The molecule has 35 heavy (non-hydrogen) atoms. The average molecular weight is 479 g/mol. The minimum Gasteiger partial charge on any atom is -0.481 e. The molecule has 2 aromatic rings. The molecule has 8 nitrogen and oxygen atoms in total. The van der Waals surface area contributed by atoms with Crippen molar-refractivity contribution < 1.29 is 29.3 Å². The number of fused-ring (bicyclic) bond motifs is 4. The van der Waals surface area contributed by atoms with Gasteiger partial charge in [0, 0.05) is 24.4 Å². The summed E-state index contributed by atoms with van der Waals surface area (Å²) < 4.78 is 5.66. The fourth-order valence-corrected chi connectivity index (χ4v) is 6.03. The van der Waals surface area contributed by atoms with Crippen molar-refractivity contribution >= 4 is 18.0 Å². The number of carboxylic acid groups (broad SMARTS) is 1. The van der Waals surface area contributed by atoms with Gasteiger partial charge in [0.15, 0.2) is 0 Å². The third kappa shape index (κ3) is 4.75. The molecule has 2 amide bonds. The van der Waals surface area contributed by atoms with Crippen molar-refractivity contribution in [1.29, 1.82) is 0 Å². The van der Waals surface area contributed by atoms with Crippen molar-refractivity contribution in [3.8, 4) is 11.1 Å². The predicted octanol–water partition coefficient (Wildman–Crippen LogP) is 2.89. The lowest BCUT2D eigenvalue weighted by atomic mass is 9.71. The summed E-state index contributed by atoms with van der Waals surface area (Å²) in [6, 6.07) is 16.4. The normalized spacial score (nSPS) is 24.9. The lowest BCUT2D eigenvalue weighted by Crippen LogP contribution is -2.50. The molecule has 3 aliphatic carbocycles. The lowest BCUT2D eigenvalue weighted by molar-refractivity contribution is -0.139. The average Bonchev–Trinajstić information content (AvgIpc) is 3.34. The zero-order valence-electron chi connectivity index (χ0n) is 19.4. The van der Waals surface area contributed by atoms with Crippen LogP contribution >= 0.6 is 0 Å². The second-order valence-corrected chi connectivity index (χ2v) is 9.90. The van der Waals surface area contributed by atoms with E-state index in [1.54, 1.807) is 0 Å². The summed E-state index contributed by atoms with van der Waals surface area (Å²) in [6.07, 6.45) is 0.300. The summed E-state index contributed by atoms with van der Waals surface area (Å²) in [6.45, 7) is 0.197. The Labute approximate surface area is 203 Å². The molecular weight excluding hydrogens is 448 g/mol. The van der Waals surface area contributed by atoms with Crippen molar-refractivity contribution in [3.63, 3.8) is 0 Å². The Morgan fingerprint density at radius 2 is 1.63 bits per heavy atom. The van der Waals surface area contributed by atoms with Crippen LogP contribution in [0.15, 0.2) is 48.5 Å². The topological polar surface area (TPSA) is 125 Å². The first kappa shape index (κ1) is 23.4. The Kier molecular flexibility index (Phi) is 6.47. The lowest BCUT2D eigenvalue weighted by Gasteiger charge is -2.40. The fourth-order valence-electron chi connectivity index (χ4n) is 6.03. The maximum Gasteiger partial charge on any atom is 0.407 e. The van der Waals surface area contributed by atoms with Crippen LogP contribution < -0.4 is 10.6 Å². The van der Waals surface area contributed by atoms with Crippen LogP contribution in [0.1, 0.15) is 42.7 Å². The Balaban J connectivity index is 1.10. The smallest absolute Gasteiger partial charge is 0.407 e. The van der Waals surface area contributed by atoms with E-state index in [4.69, 9.17) is 9.84 Å². The number of amides is 2. The number of hydrogen-bond acceptors (Lipinski definition) is 5. The highest BCUT2D eigenvalue weighted by Crippen LogP contribution is 2.50. The number of carbonyl (C=O) groups excluding carboxylic acids is 2. The number of benzene rings is 2. The highest BCUT2D eigenvalue weighted by atomic mass is 16.5. The molecule has 2 fully saturated rings. The molecule has 0 saturated heterocycles. The fraction of sp³-hybridized carbons (Fsp3) is 0.444. The van der Waals surface area contributed by atoms with E-state index >= 15 is 0 Å². The number of aliphatic hydroxyl groups excluding tert-OH is 1. The molecule has 2 unspecified atom stereocenters. The van der Waals surface area contributed by atoms with Gasteiger partial charge in [-0.25, -0.2) is 4.79 Å². The second-order valence-electron chi connectivity index (χ2n) is 9.90. The summed E-state index contributed by atoms with van der Waals surface area (Å²) in [5.74, 6) is -0.824. The van der Waals surface area contributed by atoms with Gasteiger partial charge >= 0.3 is 12.1 Å². The molecule has 5 rings (SSSR count). The van der Waals surface area contributed by atoms with Gasteiger partial charge < -0.3 is 25.6 Å². The molecule has 184 valence electrons. The molecule has 2 saturated carbocycles. The highest BCUT2D eigenvalue weighted by Gasteiger charge is 2.50. The molecule has 0 heterocycles. The van der Waals surface area contributed by atoms with E-state index < -0.39 is 24.6 Å². The number of alkyl carbamates (subject to hydrolysis) is 1. The van der Waals surface area contributed by atoms with Gasteiger partial charge in [0.25, 0.3) is 0 Å². The Morgan fingerprint density at radius 1 is 0.971 bits per heavy atom. The highest BCUT2D eigenvalue weighted by molar-refractivity contribution is 5.80. The van der Waals surface area contributed by atoms with Crippen LogP contribution in [0.3, 0.4) is 0 Å². The van der Waals surface area contributed by atoms with Gasteiger partial charge in [-0.1, -0.05) is 48.5 Å². The standard InChI is InChI=1S/C27H30N2O6/c30-17(12-25(31)32)13-28-26(33)16-9-15-11-24(22(15)10-16)29-27(34)35-14-23-20-7-3-1-5-18(20)19-6-2-4-8-21(19)23/h1-8,15-17,22-24,30H,9-14H2,(H,28,33)(H,29,34)(H,31,32)/t15-,16?,17?,22-,24+/m0/s1. The van der Waals surface area contributed by atoms with Crippen molar-refractivity contribution in [1.82, 2.24) is 10.6 Å². The minimum atomic E-state index is -1.10. The van der Waals surface area contributed by atoms with Gasteiger partial charge in [0.2, 0.25) is 5.91 Å². The molecule has 0 aromatic heterocycles. The summed E-state index contributed by atoms with van der Waals surface area (Å²) in [7, 11) is 0. The molecule has 0 spiro atoms. The number of carbonyl (C=O) groups is 3. The first-order valence-electron chi connectivity index (χ1n) is 12.2. The maximum absolute atomic E-state index is 12.6. The number of hydrogen-bond donors (Lipinski definition) is 4. The van der Waals surface area contributed by atoms with Crippen molar-refractivity contribution in [3.05, 3.63) is 59.7 Å². The van der Waals surface area contributed by atoms with E-state index in [2.05, 4.69) is 34.9 Å². The number of rotatable bonds is 8. The second kappa shape index (κ2) is 9.70. The molecular formula is C27H30N2O6. The van der Waals surface area contributed by atoms with E-state index in [1.807, 2.05) is 24.3 Å². The summed E-state index contributed by atoms with van der Waals surface area (Å²) in [4.78, 5) is 35.7. The van der Waals surface area contributed by atoms with E-state index in [-0.39, 0.29) is 42.9 Å². The monoisotopic (exact) mass is 478 g/mol. The Bertz CT molecular complexity index is 1090. The van der Waals surface area contributed by atoms with Crippen LogP contribution in [0.25, 0.3) is 11.1 Å². The first-order valence-corrected chi connectivity index (χ1v) is 12.2. The molecule has 8 heteroatoms. The number of aliphatic hydroxyl groups is 1. The Hall–Kier alpha value is -3.39. The molecule has 4 N–H and O–H groups in total. The van der Waals surface area contributed by atoms with Crippen LogP contribution in [0.5, 0.6) is 0 Å². The van der Waals surface area contributed by atoms with Crippen LogP contribution in [0.2, 0.25) is 0 Å². The number of ether oxygens (including phenoxy) is 1. The first-order chi connectivity index (χ1) is 16.9. The van der Waals surface area contributed by atoms with Gasteiger partial charge in [-0.05, 0) is 53.4 Å². The van der Waals surface area contributed by atoms with Gasteiger partial charge in [0.05, 0.1) is 12.5 Å². The van der Waals surface area contributed by atoms with Gasteiger partial charge in [-0.15, -0.1) is 0 Å². The van der Waals surface area contributed by atoms with E-state index in [9.17, 15) is 19.5 Å². The molecule has 0 aliphatic heterocycles. The molecule has 0 radical (unpaired) electrons. The molecule has 2 aromatic carbocycles. The molecule has 3 aliphatic rings. The number of aliphatic carboxylic acids is 1. The molecule has 0 bridgehead atoms. The van der Waals surface area contributed by atoms with Crippen LogP contribution in [0.4, 0.5) is 4.79 Å². The van der Waals surface area contributed by atoms with Crippen LogP contribution in [0, 0.1) is 17.8 Å². The quantitative estimate of drug-likeness (QED) is 0.462.